The molecular weight excluding hydrogens is 365 g/mol. The minimum absolute atomic E-state index is 0.0140. The van der Waals surface area contributed by atoms with Crippen LogP contribution in [-0.4, -0.2) is 70.4 Å². The van der Waals surface area contributed by atoms with Crippen molar-refractivity contribution in [2.75, 3.05) is 33.4 Å². The van der Waals surface area contributed by atoms with Crippen LogP contribution in [0, 0.1) is 17.7 Å². The molecule has 0 spiro atoms. The van der Waals surface area contributed by atoms with Crippen LogP contribution in [0.15, 0.2) is 30.5 Å². The Bertz CT molecular complexity index is 859. The molecule has 0 radical (unpaired) electrons. The number of amides is 2. The first-order chi connectivity index (χ1) is 13.6. The highest BCUT2D eigenvalue weighted by atomic mass is 19.1. The molecule has 0 aliphatic carbocycles. The summed E-state index contributed by atoms with van der Waals surface area (Å²) in [7, 11) is 1.56. The summed E-state index contributed by atoms with van der Waals surface area (Å²) in [5.41, 5.74) is 1.03. The van der Waals surface area contributed by atoms with Gasteiger partial charge in [0.2, 0.25) is 5.91 Å². The number of nitrogens with one attached hydrogen (secondary N) is 1. The fourth-order valence-corrected chi connectivity index (χ4v) is 4.38. The SMILES string of the molecule is COCCC(=O)N1C[C@@H]2CN(C(=O)c3cn[nH]n3)C[C@@H]2[C@H]1c1cccc(F)c1. The average Bonchev–Trinajstić information content (AvgIpc) is 3.40. The van der Waals surface area contributed by atoms with Gasteiger partial charge in [-0.1, -0.05) is 12.1 Å². The molecule has 3 atom stereocenters. The van der Waals surface area contributed by atoms with Crippen LogP contribution in [-0.2, 0) is 9.53 Å². The summed E-state index contributed by atoms with van der Waals surface area (Å²) >= 11 is 0. The molecule has 2 saturated heterocycles. The maximum atomic E-state index is 13.9. The molecule has 0 bridgehead atoms. The molecule has 2 aliphatic heterocycles. The number of carbonyl (C=O) groups is 2. The van der Waals surface area contributed by atoms with Crippen molar-refractivity contribution in [3.05, 3.63) is 47.5 Å². The number of carbonyl (C=O) groups excluding carboxylic acids is 2. The van der Waals surface area contributed by atoms with Crippen molar-refractivity contribution in [1.29, 1.82) is 0 Å². The molecular formula is C19H22FN5O3. The molecule has 2 fully saturated rings. The predicted molar refractivity (Wildman–Crippen MR) is 96.6 cm³/mol. The summed E-state index contributed by atoms with van der Waals surface area (Å²) in [5.74, 6) is -0.350. The quantitative estimate of drug-likeness (QED) is 0.834. The summed E-state index contributed by atoms with van der Waals surface area (Å²) in [4.78, 5) is 29.0. The maximum absolute atomic E-state index is 13.9. The minimum Gasteiger partial charge on any atom is -0.384 e. The summed E-state index contributed by atoms with van der Waals surface area (Å²) in [6.07, 6.45) is 1.68. The van der Waals surface area contributed by atoms with E-state index in [-0.39, 0.29) is 47.6 Å². The van der Waals surface area contributed by atoms with E-state index in [1.54, 1.807) is 18.1 Å². The normalized spacial score (nSPS) is 23.9. The van der Waals surface area contributed by atoms with Gasteiger partial charge in [-0.25, -0.2) is 4.39 Å². The highest BCUT2D eigenvalue weighted by molar-refractivity contribution is 5.92. The molecule has 3 heterocycles. The highest BCUT2D eigenvalue weighted by Gasteiger charge is 2.50. The van der Waals surface area contributed by atoms with Crippen molar-refractivity contribution in [2.24, 2.45) is 11.8 Å². The lowest BCUT2D eigenvalue weighted by Crippen LogP contribution is -2.37. The van der Waals surface area contributed by atoms with Gasteiger partial charge in [-0.3, -0.25) is 9.59 Å². The van der Waals surface area contributed by atoms with E-state index < -0.39 is 0 Å². The Morgan fingerprint density at radius 3 is 2.89 bits per heavy atom. The summed E-state index contributed by atoms with van der Waals surface area (Å²) in [6, 6.07) is 6.10. The monoisotopic (exact) mass is 387 g/mol. The standard InChI is InChI=1S/C19H22FN5O3/c1-28-6-5-17(26)25-10-13-9-24(19(27)16-8-21-23-22-16)11-15(13)18(25)12-3-2-4-14(20)7-12/h2-4,7-8,13,15,18H,5-6,9-11H2,1H3,(H,21,22,23)/t13-,15-,18+/m0/s1. The van der Waals surface area contributed by atoms with Crippen LogP contribution >= 0.6 is 0 Å². The van der Waals surface area contributed by atoms with Crippen LogP contribution in [0.1, 0.15) is 28.5 Å². The molecule has 8 nitrogen and oxygen atoms in total. The smallest absolute Gasteiger partial charge is 0.276 e. The number of methoxy groups -OCH3 is 1. The third-order valence-corrected chi connectivity index (χ3v) is 5.62. The van der Waals surface area contributed by atoms with Crippen molar-refractivity contribution in [3.8, 4) is 0 Å². The predicted octanol–water partition coefficient (Wildman–Crippen LogP) is 1.25. The third-order valence-electron chi connectivity index (χ3n) is 5.62. The van der Waals surface area contributed by atoms with Crippen LogP contribution in [0.2, 0.25) is 0 Å². The summed E-state index contributed by atoms with van der Waals surface area (Å²) in [5, 5.41) is 10.0. The van der Waals surface area contributed by atoms with Gasteiger partial charge in [0.05, 0.1) is 25.3 Å². The molecule has 1 aromatic heterocycles. The second-order valence-electron chi connectivity index (χ2n) is 7.28. The number of aromatic nitrogens is 3. The molecule has 0 unspecified atom stereocenters. The number of benzene rings is 1. The number of fused-ring (bicyclic) bond motifs is 1. The zero-order valence-corrected chi connectivity index (χ0v) is 15.5. The molecule has 2 amide bonds. The van der Waals surface area contributed by atoms with Crippen molar-refractivity contribution in [1.82, 2.24) is 25.2 Å². The van der Waals surface area contributed by atoms with Gasteiger partial charge in [0.1, 0.15) is 5.82 Å². The van der Waals surface area contributed by atoms with Gasteiger partial charge < -0.3 is 14.5 Å². The number of H-pyrrole nitrogens is 1. The molecule has 1 N–H and O–H groups in total. The second kappa shape index (κ2) is 7.67. The highest BCUT2D eigenvalue weighted by Crippen LogP contribution is 2.45. The van der Waals surface area contributed by atoms with Crippen LogP contribution in [0.4, 0.5) is 4.39 Å². The number of likely N-dealkylation sites (tertiary alicyclic amines) is 2. The molecule has 148 valence electrons. The van der Waals surface area contributed by atoms with Gasteiger partial charge in [-0.05, 0) is 17.7 Å². The van der Waals surface area contributed by atoms with E-state index in [1.165, 1.54) is 18.3 Å². The van der Waals surface area contributed by atoms with Gasteiger partial charge in [-0.2, -0.15) is 15.4 Å². The molecule has 1 aromatic carbocycles. The fraction of sp³-hybridized carbons (Fsp3) is 0.474. The van der Waals surface area contributed by atoms with Crippen LogP contribution in [0.5, 0.6) is 0 Å². The molecule has 2 aromatic rings. The molecule has 9 heteroatoms. The molecule has 2 aliphatic rings. The zero-order chi connectivity index (χ0) is 19.7. The van der Waals surface area contributed by atoms with Gasteiger partial charge >= 0.3 is 0 Å². The topological polar surface area (TPSA) is 91.4 Å². The van der Waals surface area contributed by atoms with E-state index in [1.807, 2.05) is 11.0 Å². The van der Waals surface area contributed by atoms with Crippen LogP contribution in [0.25, 0.3) is 0 Å². The largest absolute Gasteiger partial charge is 0.384 e. The van der Waals surface area contributed by atoms with Crippen molar-refractivity contribution < 1.29 is 18.7 Å². The number of aromatic amines is 1. The average molecular weight is 387 g/mol. The molecule has 4 rings (SSSR count). The lowest BCUT2D eigenvalue weighted by atomic mass is 9.89. The number of halogens is 1. The van der Waals surface area contributed by atoms with Gasteiger partial charge in [0.25, 0.3) is 5.91 Å². The molecule has 28 heavy (non-hydrogen) atoms. The van der Waals surface area contributed by atoms with Gasteiger partial charge in [0.15, 0.2) is 5.69 Å². The number of rotatable bonds is 5. The zero-order valence-electron chi connectivity index (χ0n) is 15.5. The van der Waals surface area contributed by atoms with Crippen molar-refractivity contribution >= 4 is 11.8 Å². The Morgan fingerprint density at radius 2 is 2.18 bits per heavy atom. The van der Waals surface area contributed by atoms with E-state index in [0.717, 1.165) is 5.56 Å². The first-order valence-corrected chi connectivity index (χ1v) is 9.27. The van der Waals surface area contributed by atoms with Gasteiger partial charge in [-0.15, -0.1) is 0 Å². The third kappa shape index (κ3) is 3.37. The van der Waals surface area contributed by atoms with E-state index in [9.17, 15) is 14.0 Å². The van der Waals surface area contributed by atoms with E-state index >= 15 is 0 Å². The Kier molecular flexibility index (Phi) is 5.08. The number of hydrogen-bond donors (Lipinski definition) is 1. The number of ether oxygens (including phenoxy) is 1. The van der Waals surface area contributed by atoms with Gasteiger partial charge in [0, 0.05) is 38.6 Å². The molecule has 0 saturated carbocycles. The number of nitrogens with zero attached hydrogens (tertiary/aromatic N) is 4. The van der Waals surface area contributed by atoms with Crippen molar-refractivity contribution in [3.63, 3.8) is 0 Å². The van der Waals surface area contributed by atoms with E-state index in [0.29, 0.717) is 26.2 Å². The van der Waals surface area contributed by atoms with E-state index in [2.05, 4.69) is 15.4 Å². The lowest BCUT2D eigenvalue weighted by Gasteiger charge is -2.30. The van der Waals surface area contributed by atoms with Crippen molar-refractivity contribution in [2.45, 2.75) is 12.5 Å². The van der Waals surface area contributed by atoms with E-state index in [4.69, 9.17) is 4.74 Å². The number of hydrogen-bond acceptors (Lipinski definition) is 5. The first kappa shape index (κ1) is 18.5. The summed E-state index contributed by atoms with van der Waals surface area (Å²) in [6.45, 7) is 1.91. The van der Waals surface area contributed by atoms with Crippen LogP contribution < -0.4 is 0 Å². The van der Waals surface area contributed by atoms with Crippen LogP contribution in [0.3, 0.4) is 0 Å². The second-order valence-corrected chi connectivity index (χ2v) is 7.28. The Labute approximate surface area is 161 Å². The maximum Gasteiger partial charge on any atom is 0.276 e. The Hall–Kier alpha value is -2.81. The first-order valence-electron chi connectivity index (χ1n) is 9.27. The Morgan fingerprint density at radius 1 is 1.32 bits per heavy atom. The minimum atomic E-state index is -0.334. The fourth-order valence-electron chi connectivity index (χ4n) is 4.38. The summed E-state index contributed by atoms with van der Waals surface area (Å²) < 4.78 is 18.9. The lowest BCUT2D eigenvalue weighted by molar-refractivity contribution is -0.133. The Balaban J connectivity index is 1.58.